The minimum Gasteiger partial charge on any atom is -0.353 e. The highest BCUT2D eigenvalue weighted by Crippen LogP contribution is 2.31. The minimum atomic E-state index is 0.570. The molecule has 1 fully saturated rings. The molecular formula is C11H14N4S. The Hall–Kier alpha value is -1.20. The molecule has 2 aromatic heterocycles. The zero-order valence-corrected chi connectivity index (χ0v) is 10.2. The summed E-state index contributed by atoms with van der Waals surface area (Å²) in [5.41, 5.74) is 2.33. The SMILES string of the molecule is Cc1csc2c(N(C)C3CNC3)ncnc12. The molecule has 0 spiro atoms. The smallest absolute Gasteiger partial charge is 0.150 e. The van der Waals surface area contributed by atoms with Crippen LogP contribution in [0, 0.1) is 6.92 Å². The van der Waals surface area contributed by atoms with Gasteiger partial charge < -0.3 is 10.2 Å². The second-order valence-corrected chi connectivity index (χ2v) is 5.10. The molecule has 1 saturated heterocycles. The molecule has 5 heteroatoms. The maximum atomic E-state index is 4.42. The van der Waals surface area contributed by atoms with Crippen molar-refractivity contribution in [1.82, 2.24) is 15.3 Å². The van der Waals surface area contributed by atoms with E-state index in [1.807, 2.05) is 0 Å². The van der Waals surface area contributed by atoms with Crippen LogP contribution in [0.15, 0.2) is 11.7 Å². The summed E-state index contributed by atoms with van der Waals surface area (Å²) in [4.78, 5) is 11.0. The summed E-state index contributed by atoms with van der Waals surface area (Å²) in [5.74, 6) is 1.06. The average Bonchev–Trinajstić information content (AvgIpc) is 2.58. The van der Waals surface area contributed by atoms with Gasteiger partial charge >= 0.3 is 0 Å². The molecule has 3 heterocycles. The average molecular weight is 234 g/mol. The molecule has 0 radical (unpaired) electrons. The molecule has 0 aliphatic carbocycles. The van der Waals surface area contributed by atoms with Gasteiger partial charge in [-0.15, -0.1) is 11.3 Å². The van der Waals surface area contributed by atoms with Gasteiger partial charge in [-0.1, -0.05) is 0 Å². The lowest BCUT2D eigenvalue weighted by Gasteiger charge is -2.36. The van der Waals surface area contributed by atoms with Gasteiger partial charge in [0.1, 0.15) is 12.1 Å². The van der Waals surface area contributed by atoms with Gasteiger partial charge in [-0.05, 0) is 17.9 Å². The van der Waals surface area contributed by atoms with Crippen molar-refractivity contribution in [2.75, 3.05) is 25.0 Å². The van der Waals surface area contributed by atoms with E-state index in [4.69, 9.17) is 0 Å². The van der Waals surface area contributed by atoms with E-state index >= 15 is 0 Å². The second-order valence-electron chi connectivity index (χ2n) is 4.22. The van der Waals surface area contributed by atoms with Gasteiger partial charge in [0.25, 0.3) is 0 Å². The highest BCUT2D eigenvalue weighted by Gasteiger charge is 2.24. The molecule has 84 valence electrons. The fourth-order valence-corrected chi connectivity index (χ4v) is 2.96. The fourth-order valence-electron chi connectivity index (χ4n) is 1.93. The van der Waals surface area contributed by atoms with Gasteiger partial charge in [0, 0.05) is 20.1 Å². The van der Waals surface area contributed by atoms with E-state index in [1.165, 1.54) is 10.3 Å². The first kappa shape index (κ1) is 9.99. The van der Waals surface area contributed by atoms with Gasteiger partial charge in [-0.3, -0.25) is 0 Å². The molecule has 1 N–H and O–H groups in total. The van der Waals surface area contributed by atoms with Crippen molar-refractivity contribution >= 4 is 27.4 Å². The normalized spacial score (nSPS) is 16.4. The van der Waals surface area contributed by atoms with E-state index in [1.54, 1.807) is 17.7 Å². The molecule has 4 nitrogen and oxygen atoms in total. The summed E-state index contributed by atoms with van der Waals surface area (Å²) in [6, 6.07) is 0.570. The standard InChI is InChI=1S/C11H14N4S/c1-7-5-16-10-9(7)13-6-14-11(10)15(2)8-3-12-4-8/h5-6,8,12H,3-4H2,1-2H3. The number of aryl methyl sites for hydroxylation is 1. The number of fused-ring (bicyclic) bond motifs is 1. The van der Waals surface area contributed by atoms with Gasteiger partial charge in [0.15, 0.2) is 0 Å². The number of thiophene rings is 1. The highest BCUT2D eigenvalue weighted by molar-refractivity contribution is 7.18. The Morgan fingerprint density at radius 3 is 2.94 bits per heavy atom. The van der Waals surface area contributed by atoms with Crippen LogP contribution in [0.4, 0.5) is 5.82 Å². The second kappa shape index (κ2) is 3.68. The van der Waals surface area contributed by atoms with Crippen LogP contribution in [-0.2, 0) is 0 Å². The Morgan fingerprint density at radius 1 is 1.44 bits per heavy atom. The van der Waals surface area contributed by atoms with E-state index < -0.39 is 0 Å². The number of hydrogen-bond acceptors (Lipinski definition) is 5. The number of likely N-dealkylation sites (N-methyl/N-ethyl adjacent to an activating group) is 1. The van der Waals surface area contributed by atoms with Crippen LogP contribution < -0.4 is 10.2 Å². The molecule has 1 aliphatic rings. The molecule has 2 aromatic rings. The molecule has 16 heavy (non-hydrogen) atoms. The summed E-state index contributed by atoms with van der Waals surface area (Å²) in [5, 5.41) is 5.43. The van der Waals surface area contributed by atoms with Crippen LogP contribution in [0.3, 0.4) is 0 Å². The Balaban J connectivity index is 2.08. The predicted octanol–water partition coefficient (Wildman–Crippen LogP) is 1.41. The first-order chi connectivity index (χ1) is 7.77. The van der Waals surface area contributed by atoms with Crippen LogP contribution in [0.1, 0.15) is 5.56 Å². The van der Waals surface area contributed by atoms with Crippen LogP contribution in [0.25, 0.3) is 10.2 Å². The van der Waals surface area contributed by atoms with Crippen molar-refractivity contribution in [1.29, 1.82) is 0 Å². The van der Waals surface area contributed by atoms with E-state index in [9.17, 15) is 0 Å². The topological polar surface area (TPSA) is 41.0 Å². The number of nitrogens with zero attached hydrogens (tertiary/aromatic N) is 3. The Morgan fingerprint density at radius 2 is 2.25 bits per heavy atom. The predicted molar refractivity (Wildman–Crippen MR) is 67.2 cm³/mol. The lowest BCUT2D eigenvalue weighted by atomic mass is 10.1. The minimum absolute atomic E-state index is 0.570. The van der Waals surface area contributed by atoms with Gasteiger partial charge in [0.2, 0.25) is 0 Å². The third-order valence-electron chi connectivity index (χ3n) is 3.15. The Kier molecular flexibility index (Phi) is 2.29. The fraction of sp³-hybridized carbons (Fsp3) is 0.455. The lowest BCUT2D eigenvalue weighted by Crippen LogP contribution is -2.56. The molecule has 0 aromatic carbocycles. The lowest BCUT2D eigenvalue weighted by molar-refractivity contribution is 0.427. The van der Waals surface area contributed by atoms with Crippen LogP contribution in [0.5, 0.6) is 0 Å². The molecule has 0 unspecified atom stereocenters. The van der Waals surface area contributed by atoms with Crippen molar-refractivity contribution in [2.24, 2.45) is 0 Å². The zero-order chi connectivity index (χ0) is 11.1. The molecule has 0 saturated carbocycles. The first-order valence-electron chi connectivity index (χ1n) is 5.39. The Labute approximate surface area is 98.3 Å². The van der Waals surface area contributed by atoms with E-state index in [0.717, 1.165) is 24.4 Å². The third-order valence-corrected chi connectivity index (χ3v) is 4.24. The van der Waals surface area contributed by atoms with Crippen LogP contribution in [-0.4, -0.2) is 36.1 Å². The van der Waals surface area contributed by atoms with E-state index in [0.29, 0.717) is 6.04 Å². The van der Waals surface area contributed by atoms with E-state index in [-0.39, 0.29) is 0 Å². The number of rotatable bonds is 2. The van der Waals surface area contributed by atoms with E-state index in [2.05, 4.69) is 39.5 Å². The summed E-state index contributed by atoms with van der Waals surface area (Å²) in [7, 11) is 2.11. The maximum absolute atomic E-state index is 4.42. The molecule has 0 amide bonds. The number of aromatic nitrogens is 2. The van der Waals surface area contributed by atoms with Crippen LogP contribution >= 0.6 is 11.3 Å². The van der Waals surface area contributed by atoms with Crippen molar-refractivity contribution in [2.45, 2.75) is 13.0 Å². The monoisotopic (exact) mass is 234 g/mol. The number of anilines is 1. The molecular weight excluding hydrogens is 220 g/mol. The quantitative estimate of drug-likeness (QED) is 0.853. The van der Waals surface area contributed by atoms with Crippen molar-refractivity contribution in [3.63, 3.8) is 0 Å². The molecule has 3 rings (SSSR count). The summed E-state index contributed by atoms with van der Waals surface area (Å²) in [6.07, 6.45) is 1.67. The maximum Gasteiger partial charge on any atom is 0.150 e. The van der Waals surface area contributed by atoms with Crippen molar-refractivity contribution in [3.8, 4) is 0 Å². The third kappa shape index (κ3) is 1.39. The number of hydrogen-bond donors (Lipinski definition) is 1. The highest BCUT2D eigenvalue weighted by atomic mass is 32.1. The number of nitrogens with one attached hydrogen (secondary N) is 1. The zero-order valence-electron chi connectivity index (χ0n) is 9.40. The first-order valence-corrected chi connectivity index (χ1v) is 6.27. The molecule has 0 atom stereocenters. The van der Waals surface area contributed by atoms with Crippen molar-refractivity contribution < 1.29 is 0 Å². The molecule has 1 aliphatic heterocycles. The van der Waals surface area contributed by atoms with Crippen molar-refractivity contribution in [3.05, 3.63) is 17.3 Å². The summed E-state index contributed by atoms with van der Waals surface area (Å²) >= 11 is 1.73. The Bertz CT molecular complexity index is 518. The van der Waals surface area contributed by atoms with Crippen LogP contribution in [0.2, 0.25) is 0 Å². The largest absolute Gasteiger partial charge is 0.353 e. The summed E-state index contributed by atoms with van der Waals surface area (Å²) < 4.78 is 1.20. The summed E-state index contributed by atoms with van der Waals surface area (Å²) in [6.45, 7) is 4.19. The van der Waals surface area contributed by atoms with Gasteiger partial charge in [-0.25, -0.2) is 9.97 Å². The van der Waals surface area contributed by atoms with Gasteiger partial charge in [-0.2, -0.15) is 0 Å². The molecule has 0 bridgehead atoms. The van der Waals surface area contributed by atoms with Gasteiger partial charge in [0.05, 0.1) is 16.3 Å².